The van der Waals surface area contributed by atoms with Gasteiger partial charge in [-0.2, -0.15) is 0 Å². The van der Waals surface area contributed by atoms with Gasteiger partial charge in [0.1, 0.15) is 16.8 Å². The molecule has 1 fully saturated rings. The van der Waals surface area contributed by atoms with Crippen LogP contribution in [-0.4, -0.2) is 40.9 Å². The number of carboxylic acids is 1. The maximum atomic E-state index is 13.0. The Morgan fingerprint density at radius 2 is 1.93 bits per heavy atom. The van der Waals surface area contributed by atoms with Gasteiger partial charge in [-0.25, -0.2) is 14.0 Å². The van der Waals surface area contributed by atoms with Crippen LogP contribution in [0.15, 0.2) is 0 Å². The third-order valence-corrected chi connectivity index (χ3v) is 6.09. The lowest BCUT2D eigenvalue weighted by atomic mass is 9.83. The van der Waals surface area contributed by atoms with Crippen LogP contribution in [0.3, 0.4) is 0 Å². The van der Waals surface area contributed by atoms with Crippen molar-refractivity contribution in [2.24, 2.45) is 5.92 Å². The first-order chi connectivity index (χ1) is 13.0. The Hall–Kier alpha value is -2.16. The fourth-order valence-corrected chi connectivity index (χ4v) is 4.71. The second kappa shape index (κ2) is 7.69. The van der Waals surface area contributed by atoms with Gasteiger partial charge in [0.05, 0.1) is 5.56 Å². The molecule has 0 radical (unpaired) electrons. The van der Waals surface area contributed by atoms with Gasteiger partial charge in [-0.3, -0.25) is 4.79 Å². The van der Waals surface area contributed by atoms with E-state index in [1.54, 1.807) is 20.8 Å². The molecule has 0 bridgehead atoms. The van der Waals surface area contributed by atoms with Crippen molar-refractivity contribution < 1.29 is 28.6 Å². The summed E-state index contributed by atoms with van der Waals surface area (Å²) in [5, 5.41) is 15.4. The van der Waals surface area contributed by atoms with E-state index in [2.05, 4.69) is 10.6 Å². The number of hydrogen-bond donors (Lipinski definition) is 3. The normalized spacial score (nSPS) is 23.9. The number of amides is 2. The highest BCUT2D eigenvalue weighted by Gasteiger charge is 2.36. The van der Waals surface area contributed by atoms with Gasteiger partial charge in [-0.15, -0.1) is 11.3 Å². The van der Waals surface area contributed by atoms with Crippen molar-refractivity contribution in [1.29, 1.82) is 0 Å². The number of carbonyl (C=O) groups excluding carboxylic acids is 2. The second-order valence-corrected chi connectivity index (χ2v) is 9.46. The van der Waals surface area contributed by atoms with Crippen LogP contribution in [0.25, 0.3) is 0 Å². The molecule has 1 heterocycles. The lowest BCUT2D eigenvalue weighted by Gasteiger charge is -2.28. The van der Waals surface area contributed by atoms with Gasteiger partial charge in [0, 0.05) is 16.8 Å². The fourth-order valence-electron chi connectivity index (χ4n) is 3.47. The molecular formula is C19H25FN2O5S. The van der Waals surface area contributed by atoms with Gasteiger partial charge in [0.15, 0.2) is 0 Å². The number of carboxylic acid groups (broad SMARTS) is 1. The van der Waals surface area contributed by atoms with Crippen molar-refractivity contribution in [3.8, 4) is 0 Å². The molecule has 28 heavy (non-hydrogen) atoms. The van der Waals surface area contributed by atoms with Crippen LogP contribution >= 0.6 is 11.3 Å². The zero-order chi connectivity index (χ0) is 20.6. The largest absolute Gasteiger partial charge is 0.478 e. The molecule has 3 N–H and O–H groups in total. The molecule has 0 aromatic carbocycles. The number of thiophene rings is 1. The quantitative estimate of drug-likeness (QED) is 0.702. The van der Waals surface area contributed by atoms with E-state index in [0.717, 1.165) is 4.88 Å². The van der Waals surface area contributed by atoms with Crippen LogP contribution in [0.2, 0.25) is 0 Å². The first-order valence-corrected chi connectivity index (χ1v) is 10.2. The van der Waals surface area contributed by atoms with Crippen molar-refractivity contribution in [3.63, 3.8) is 0 Å². The molecule has 1 atom stereocenters. The summed E-state index contributed by atoms with van der Waals surface area (Å²) < 4.78 is 18.3. The number of alkyl halides is 1. The zero-order valence-corrected chi connectivity index (χ0v) is 17.0. The summed E-state index contributed by atoms with van der Waals surface area (Å²) in [7, 11) is 0. The van der Waals surface area contributed by atoms with E-state index >= 15 is 0 Å². The van der Waals surface area contributed by atoms with E-state index in [1.807, 2.05) is 0 Å². The van der Waals surface area contributed by atoms with Crippen LogP contribution in [-0.2, 0) is 22.4 Å². The number of halogens is 1. The van der Waals surface area contributed by atoms with Crippen molar-refractivity contribution in [2.75, 3.05) is 5.32 Å². The van der Waals surface area contributed by atoms with E-state index in [-0.39, 0.29) is 30.4 Å². The topological polar surface area (TPSA) is 105 Å². The molecule has 0 unspecified atom stereocenters. The first kappa shape index (κ1) is 20.6. The molecule has 1 aromatic heterocycles. The number of aromatic carboxylic acids is 1. The van der Waals surface area contributed by atoms with Crippen LogP contribution in [0.1, 0.15) is 60.8 Å². The van der Waals surface area contributed by atoms with Crippen molar-refractivity contribution in [2.45, 2.75) is 70.7 Å². The lowest BCUT2D eigenvalue weighted by molar-refractivity contribution is -0.124. The highest BCUT2D eigenvalue weighted by atomic mass is 32.1. The number of alkyl carbamates (subject to hydrolysis) is 1. The fraction of sp³-hybridized carbons (Fsp3) is 0.632. The molecule has 2 aliphatic rings. The Morgan fingerprint density at radius 3 is 2.50 bits per heavy atom. The van der Waals surface area contributed by atoms with Crippen molar-refractivity contribution in [3.05, 3.63) is 16.0 Å². The SMILES string of the molecule is CC(C)(C)OC(=O)N[C@H]1CCc2sc(NC(=O)C3CC(F)C3)c(C(=O)O)c2C1. The number of carbonyl (C=O) groups is 3. The van der Waals surface area contributed by atoms with E-state index in [1.165, 1.54) is 11.3 Å². The third-order valence-electron chi connectivity index (χ3n) is 4.88. The average molecular weight is 412 g/mol. The van der Waals surface area contributed by atoms with Gasteiger partial charge in [0.2, 0.25) is 5.91 Å². The molecule has 1 aromatic rings. The van der Waals surface area contributed by atoms with E-state index < -0.39 is 29.8 Å². The summed E-state index contributed by atoms with van der Waals surface area (Å²) in [4.78, 5) is 37.0. The zero-order valence-electron chi connectivity index (χ0n) is 16.1. The van der Waals surface area contributed by atoms with Gasteiger partial charge in [-0.05, 0) is 58.4 Å². The maximum absolute atomic E-state index is 13.0. The third kappa shape index (κ3) is 4.63. The highest BCUT2D eigenvalue weighted by molar-refractivity contribution is 7.17. The number of anilines is 1. The summed E-state index contributed by atoms with van der Waals surface area (Å²) in [5.41, 5.74) is 0.0908. The smallest absolute Gasteiger partial charge is 0.407 e. The number of nitrogens with one attached hydrogen (secondary N) is 2. The predicted octanol–water partition coefficient (Wildman–Crippen LogP) is 3.51. The number of hydrogen-bond acceptors (Lipinski definition) is 5. The molecule has 2 amide bonds. The highest BCUT2D eigenvalue weighted by Crippen LogP contribution is 2.39. The first-order valence-electron chi connectivity index (χ1n) is 9.35. The Bertz CT molecular complexity index is 795. The number of aryl methyl sites for hydroxylation is 1. The van der Waals surface area contributed by atoms with Crippen molar-refractivity contribution >= 4 is 34.3 Å². The van der Waals surface area contributed by atoms with E-state index in [4.69, 9.17) is 4.74 Å². The molecule has 0 spiro atoms. The number of rotatable bonds is 4. The lowest BCUT2D eigenvalue weighted by Crippen LogP contribution is -2.41. The predicted molar refractivity (Wildman–Crippen MR) is 103 cm³/mol. The van der Waals surface area contributed by atoms with Crippen molar-refractivity contribution in [1.82, 2.24) is 5.32 Å². The van der Waals surface area contributed by atoms with Crippen LogP contribution < -0.4 is 10.6 Å². The molecule has 1 saturated carbocycles. The summed E-state index contributed by atoms with van der Waals surface area (Å²) in [5.74, 6) is -1.86. The molecule has 3 rings (SSSR count). The minimum atomic E-state index is -1.12. The Kier molecular flexibility index (Phi) is 5.65. The molecule has 7 nitrogen and oxygen atoms in total. The maximum Gasteiger partial charge on any atom is 0.407 e. The minimum Gasteiger partial charge on any atom is -0.478 e. The van der Waals surface area contributed by atoms with Gasteiger partial charge in [-0.1, -0.05) is 0 Å². The molecule has 0 saturated heterocycles. The molecule has 0 aliphatic heterocycles. The van der Waals surface area contributed by atoms with Crippen LogP contribution in [0.4, 0.5) is 14.2 Å². The van der Waals surface area contributed by atoms with Gasteiger partial charge < -0.3 is 20.5 Å². The summed E-state index contributed by atoms with van der Waals surface area (Å²) in [6, 6.07) is -0.238. The number of fused-ring (bicyclic) bond motifs is 1. The standard InChI is InChI=1S/C19H25FN2O5S/c1-19(2,3)27-18(26)21-11-4-5-13-12(8-11)14(17(24)25)16(28-13)22-15(23)9-6-10(20)7-9/h9-11H,4-8H2,1-3H3,(H,21,26)(H,22,23)(H,24,25)/t9?,10?,11-/m0/s1. The van der Waals surface area contributed by atoms with Crippen LogP contribution in [0, 0.1) is 5.92 Å². The van der Waals surface area contributed by atoms with Gasteiger partial charge >= 0.3 is 12.1 Å². The Labute approximate surface area is 166 Å². The summed E-state index contributed by atoms with van der Waals surface area (Å²) >= 11 is 1.25. The molecule has 9 heteroatoms. The molecular weight excluding hydrogens is 387 g/mol. The van der Waals surface area contributed by atoms with E-state index in [9.17, 15) is 23.9 Å². The minimum absolute atomic E-state index is 0.0696. The van der Waals surface area contributed by atoms with E-state index in [0.29, 0.717) is 29.8 Å². The summed E-state index contributed by atoms with van der Waals surface area (Å²) in [6.45, 7) is 5.32. The Morgan fingerprint density at radius 1 is 1.25 bits per heavy atom. The van der Waals surface area contributed by atoms with Gasteiger partial charge in [0.25, 0.3) is 0 Å². The second-order valence-electron chi connectivity index (χ2n) is 8.35. The monoisotopic (exact) mass is 412 g/mol. The molecule has 2 aliphatic carbocycles. The number of ether oxygens (including phenoxy) is 1. The average Bonchev–Trinajstić information content (AvgIpc) is 2.86. The summed E-state index contributed by atoms with van der Waals surface area (Å²) in [6.07, 6.45) is 0.497. The Balaban J connectivity index is 1.72. The molecule has 154 valence electrons. The van der Waals surface area contributed by atoms with Crippen LogP contribution in [0.5, 0.6) is 0 Å².